The summed E-state index contributed by atoms with van der Waals surface area (Å²) in [4.78, 5) is 29.5. The predicted molar refractivity (Wildman–Crippen MR) is 115 cm³/mol. The Morgan fingerprint density at radius 3 is 2.24 bits per heavy atom. The second-order valence-electron chi connectivity index (χ2n) is 6.94. The van der Waals surface area contributed by atoms with Gasteiger partial charge in [0.1, 0.15) is 5.76 Å². The van der Waals surface area contributed by atoms with Gasteiger partial charge in [-0.25, -0.2) is 0 Å². The summed E-state index contributed by atoms with van der Waals surface area (Å²) in [7, 11) is 0. The van der Waals surface area contributed by atoms with Crippen molar-refractivity contribution in [1.29, 1.82) is 0 Å². The minimum Gasteiger partial charge on any atom is -0.507 e. The van der Waals surface area contributed by atoms with Gasteiger partial charge in [0.25, 0.3) is 11.7 Å². The Morgan fingerprint density at radius 1 is 1.03 bits per heavy atom. The number of hydrogen-bond acceptors (Lipinski definition) is 4. The fourth-order valence-electron chi connectivity index (χ4n) is 3.64. The molecular formula is C23H25ClN2O3. The molecule has 0 spiro atoms. The van der Waals surface area contributed by atoms with Gasteiger partial charge in [-0.05, 0) is 42.9 Å². The first-order valence-electron chi connectivity index (χ1n) is 9.79. The van der Waals surface area contributed by atoms with Gasteiger partial charge < -0.3 is 14.9 Å². The topological polar surface area (TPSA) is 60.9 Å². The van der Waals surface area contributed by atoms with Crippen molar-refractivity contribution in [2.45, 2.75) is 19.9 Å². The number of likely N-dealkylation sites (tertiary alicyclic amines) is 1. The molecule has 2 aromatic carbocycles. The van der Waals surface area contributed by atoms with E-state index in [0.717, 1.165) is 18.7 Å². The summed E-state index contributed by atoms with van der Waals surface area (Å²) in [5.74, 6) is -1.42. The molecule has 1 amide bonds. The molecule has 1 fully saturated rings. The van der Waals surface area contributed by atoms with E-state index in [1.165, 1.54) is 0 Å². The SMILES string of the molecule is CCN(CC)CCN1C(=O)C(=O)/C(=C(/O)c2ccc(Cl)cc2)C1c1ccccc1. The normalized spacial score (nSPS) is 18.6. The fourth-order valence-corrected chi connectivity index (χ4v) is 3.77. The fraction of sp³-hybridized carbons (Fsp3) is 0.304. The molecule has 1 heterocycles. The average molecular weight is 413 g/mol. The van der Waals surface area contributed by atoms with Crippen LogP contribution in [-0.4, -0.2) is 52.8 Å². The third kappa shape index (κ3) is 4.36. The maximum Gasteiger partial charge on any atom is 0.295 e. The van der Waals surface area contributed by atoms with E-state index >= 15 is 0 Å². The van der Waals surface area contributed by atoms with Crippen LogP contribution in [0.1, 0.15) is 31.0 Å². The summed E-state index contributed by atoms with van der Waals surface area (Å²) in [5, 5.41) is 11.5. The van der Waals surface area contributed by atoms with E-state index in [2.05, 4.69) is 18.7 Å². The number of ketones is 1. The third-order valence-corrected chi connectivity index (χ3v) is 5.58. The molecule has 1 N–H and O–H groups in total. The van der Waals surface area contributed by atoms with Crippen molar-refractivity contribution in [3.05, 3.63) is 76.3 Å². The lowest BCUT2D eigenvalue weighted by molar-refractivity contribution is -0.140. The molecule has 1 saturated heterocycles. The van der Waals surface area contributed by atoms with E-state index in [-0.39, 0.29) is 11.3 Å². The molecule has 1 unspecified atom stereocenters. The Kier molecular flexibility index (Phi) is 6.72. The highest BCUT2D eigenvalue weighted by Gasteiger charge is 2.45. The Balaban J connectivity index is 2.06. The maximum absolute atomic E-state index is 12.9. The van der Waals surface area contributed by atoms with Gasteiger partial charge in [-0.2, -0.15) is 0 Å². The summed E-state index contributed by atoms with van der Waals surface area (Å²) >= 11 is 5.94. The van der Waals surface area contributed by atoms with Crippen molar-refractivity contribution < 1.29 is 14.7 Å². The van der Waals surface area contributed by atoms with Crippen molar-refractivity contribution in [2.24, 2.45) is 0 Å². The Labute approximate surface area is 176 Å². The number of carbonyl (C=O) groups is 2. The van der Waals surface area contributed by atoms with Gasteiger partial charge in [-0.3, -0.25) is 9.59 Å². The minimum absolute atomic E-state index is 0.114. The maximum atomic E-state index is 12.9. The van der Waals surface area contributed by atoms with Gasteiger partial charge in [0.05, 0.1) is 11.6 Å². The number of aliphatic hydroxyl groups excluding tert-OH is 1. The van der Waals surface area contributed by atoms with Crippen LogP contribution >= 0.6 is 11.6 Å². The summed E-state index contributed by atoms with van der Waals surface area (Å²) in [6.45, 7) is 6.91. The molecule has 3 rings (SSSR count). The van der Waals surface area contributed by atoms with E-state index in [1.807, 2.05) is 30.3 Å². The van der Waals surface area contributed by atoms with Crippen LogP contribution in [0.2, 0.25) is 5.02 Å². The number of likely N-dealkylation sites (N-methyl/N-ethyl adjacent to an activating group) is 1. The monoisotopic (exact) mass is 412 g/mol. The molecule has 1 aliphatic heterocycles. The number of amides is 1. The molecule has 2 aromatic rings. The largest absolute Gasteiger partial charge is 0.507 e. The van der Waals surface area contributed by atoms with Crippen LogP contribution < -0.4 is 0 Å². The quantitative estimate of drug-likeness (QED) is 0.422. The number of rotatable bonds is 7. The van der Waals surface area contributed by atoms with Gasteiger partial charge in [0.15, 0.2) is 0 Å². The van der Waals surface area contributed by atoms with Crippen molar-refractivity contribution in [3.8, 4) is 0 Å². The zero-order valence-electron chi connectivity index (χ0n) is 16.6. The highest BCUT2D eigenvalue weighted by molar-refractivity contribution is 6.46. The second-order valence-corrected chi connectivity index (χ2v) is 7.37. The molecule has 5 nitrogen and oxygen atoms in total. The molecule has 6 heteroatoms. The molecule has 1 atom stereocenters. The van der Waals surface area contributed by atoms with Gasteiger partial charge in [0, 0.05) is 23.7 Å². The third-order valence-electron chi connectivity index (χ3n) is 5.32. The first kappa shape index (κ1) is 21.1. The summed E-state index contributed by atoms with van der Waals surface area (Å²) in [6, 6.07) is 15.3. The molecule has 0 aromatic heterocycles. The highest BCUT2D eigenvalue weighted by atomic mass is 35.5. The number of nitrogens with zero attached hydrogens (tertiary/aromatic N) is 2. The van der Waals surface area contributed by atoms with Crippen molar-refractivity contribution in [2.75, 3.05) is 26.2 Å². The lowest BCUT2D eigenvalue weighted by atomic mass is 9.95. The lowest BCUT2D eigenvalue weighted by Gasteiger charge is -2.28. The van der Waals surface area contributed by atoms with Crippen molar-refractivity contribution >= 4 is 29.1 Å². The van der Waals surface area contributed by atoms with Crippen LogP contribution in [0.4, 0.5) is 0 Å². The van der Waals surface area contributed by atoms with E-state index in [0.29, 0.717) is 23.7 Å². The number of carbonyl (C=O) groups excluding carboxylic acids is 2. The number of hydrogen-bond donors (Lipinski definition) is 1. The van der Waals surface area contributed by atoms with Crippen LogP contribution in [0.15, 0.2) is 60.2 Å². The summed E-state index contributed by atoms with van der Waals surface area (Å²) in [5.41, 5.74) is 1.36. The number of aliphatic hydroxyl groups is 1. The number of Topliss-reactive ketones (excluding diaryl/α,β-unsaturated/α-hetero) is 1. The van der Waals surface area contributed by atoms with Crippen LogP contribution in [0, 0.1) is 0 Å². The molecule has 0 saturated carbocycles. The molecule has 0 radical (unpaired) electrons. The van der Waals surface area contributed by atoms with Crippen molar-refractivity contribution in [1.82, 2.24) is 9.80 Å². The van der Waals surface area contributed by atoms with Crippen LogP contribution in [0.25, 0.3) is 5.76 Å². The Bertz CT molecular complexity index is 905. The summed E-state index contributed by atoms with van der Waals surface area (Å²) < 4.78 is 0. The van der Waals surface area contributed by atoms with Gasteiger partial charge in [-0.15, -0.1) is 0 Å². The minimum atomic E-state index is -0.661. The smallest absolute Gasteiger partial charge is 0.295 e. The first-order valence-corrected chi connectivity index (χ1v) is 10.2. The molecular weight excluding hydrogens is 388 g/mol. The summed E-state index contributed by atoms with van der Waals surface area (Å²) in [6.07, 6.45) is 0. The highest BCUT2D eigenvalue weighted by Crippen LogP contribution is 2.39. The zero-order valence-corrected chi connectivity index (χ0v) is 17.4. The van der Waals surface area contributed by atoms with Gasteiger partial charge in [0.2, 0.25) is 0 Å². The van der Waals surface area contributed by atoms with E-state index < -0.39 is 17.7 Å². The van der Waals surface area contributed by atoms with Crippen LogP contribution in [0.5, 0.6) is 0 Å². The first-order chi connectivity index (χ1) is 14.0. The number of halogens is 1. The van der Waals surface area contributed by atoms with Crippen LogP contribution in [-0.2, 0) is 9.59 Å². The van der Waals surface area contributed by atoms with Gasteiger partial charge in [-0.1, -0.05) is 55.8 Å². The van der Waals surface area contributed by atoms with Gasteiger partial charge >= 0.3 is 0 Å². The molecule has 0 aliphatic carbocycles. The Hall–Kier alpha value is -2.63. The van der Waals surface area contributed by atoms with E-state index in [9.17, 15) is 14.7 Å². The molecule has 152 valence electrons. The van der Waals surface area contributed by atoms with E-state index in [1.54, 1.807) is 29.2 Å². The van der Waals surface area contributed by atoms with Crippen molar-refractivity contribution in [3.63, 3.8) is 0 Å². The second kappa shape index (κ2) is 9.25. The zero-order chi connectivity index (χ0) is 21.0. The van der Waals surface area contributed by atoms with Crippen LogP contribution in [0.3, 0.4) is 0 Å². The predicted octanol–water partition coefficient (Wildman–Crippen LogP) is 4.10. The standard InChI is InChI=1S/C23H25ClN2O3/c1-3-25(4-2)14-15-26-20(16-8-6-5-7-9-16)19(22(28)23(26)29)21(27)17-10-12-18(24)13-11-17/h5-13,20,27H,3-4,14-15H2,1-2H3/b21-19+. The Morgan fingerprint density at radius 2 is 1.66 bits per heavy atom. The average Bonchev–Trinajstić information content (AvgIpc) is 3.00. The molecule has 29 heavy (non-hydrogen) atoms. The number of benzene rings is 2. The van der Waals surface area contributed by atoms with E-state index in [4.69, 9.17) is 11.6 Å². The lowest BCUT2D eigenvalue weighted by Crippen LogP contribution is -2.38. The molecule has 1 aliphatic rings. The molecule has 0 bridgehead atoms.